The molecule has 2 aliphatic rings. The van der Waals surface area contributed by atoms with Crippen molar-refractivity contribution in [3.63, 3.8) is 0 Å². The van der Waals surface area contributed by atoms with Gasteiger partial charge >= 0.3 is 0 Å². The molecule has 1 aromatic heterocycles. The summed E-state index contributed by atoms with van der Waals surface area (Å²) >= 11 is 6.93. The van der Waals surface area contributed by atoms with E-state index >= 15 is 0 Å². The van der Waals surface area contributed by atoms with E-state index in [4.69, 9.17) is 21.1 Å². The number of sulfonamides is 1. The van der Waals surface area contributed by atoms with Gasteiger partial charge in [0.25, 0.3) is 10.0 Å². The van der Waals surface area contributed by atoms with Gasteiger partial charge in [0.15, 0.2) is 11.5 Å². The summed E-state index contributed by atoms with van der Waals surface area (Å²) in [4.78, 5) is 14.5. The van der Waals surface area contributed by atoms with Gasteiger partial charge in [-0.25, -0.2) is 8.42 Å². The first kappa shape index (κ1) is 22.3. The van der Waals surface area contributed by atoms with E-state index in [1.165, 1.54) is 10.4 Å². The van der Waals surface area contributed by atoms with Gasteiger partial charge in [0.1, 0.15) is 17.4 Å². The highest BCUT2D eigenvalue weighted by Crippen LogP contribution is 2.32. The van der Waals surface area contributed by atoms with E-state index in [9.17, 15) is 13.2 Å². The van der Waals surface area contributed by atoms with Crippen LogP contribution in [0.5, 0.6) is 11.5 Å². The van der Waals surface area contributed by atoms with Crippen molar-refractivity contribution in [2.24, 2.45) is 0 Å². The van der Waals surface area contributed by atoms with Crippen LogP contribution in [0.25, 0.3) is 0 Å². The Hall–Kier alpha value is -1.85. The summed E-state index contributed by atoms with van der Waals surface area (Å²) < 4.78 is 38.7. The molecule has 0 radical (unpaired) electrons. The van der Waals surface area contributed by atoms with E-state index < -0.39 is 10.0 Å². The predicted molar refractivity (Wildman–Crippen MR) is 119 cm³/mol. The van der Waals surface area contributed by atoms with Gasteiger partial charge in [-0.1, -0.05) is 17.7 Å². The molecule has 1 saturated heterocycles. The molecule has 168 valence electrons. The summed E-state index contributed by atoms with van der Waals surface area (Å²) in [5.74, 6) is 1.30. The number of amides is 1. The zero-order valence-electron chi connectivity index (χ0n) is 17.0. The molecule has 1 fully saturated rings. The Labute approximate surface area is 190 Å². The quantitative estimate of drug-likeness (QED) is 0.675. The van der Waals surface area contributed by atoms with Crippen molar-refractivity contribution in [1.29, 1.82) is 0 Å². The molecule has 11 heteroatoms. The summed E-state index contributed by atoms with van der Waals surface area (Å²) in [6.45, 7) is 4.83. The highest BCUT2D eigenvalue weighted by Gasteiger charge is 2.30. The number of hydrogen-bond acceptors (Lipinski definition) is 7. The molecular weight excluding hydrogens is 462 g/mol. The number of fused-ring (bicyclic) bond motifs is 1. The van der Waals surface area contributed by atoms with Crippen LogP contribution in [0.3, 0.4) is 0 Å². The minimum atomic E-state index is -3.54. The number of thiophene rings is 1. The van der Waals surface area contributed by atoms with Crippen LogP contribution in [0.4, 0.5) is 0 Å². The molecule has 0 aliphatic carbocycles. The normalized spacial score (nSPS) is 18.5. The van der Waals surface area contributed by atoms with Crippen molar-refractivity contribution in [3.8, 4) is 11.5 Å². The maximum absolute atomic E-state index is 12.7. The van der Waals surface area contributed by atoms with Gasteiger partial charge in [-0.15, -0.1) is 11.3 Å². The first-order valence-corrected chi connectivity index (χ1v) is 12.6. The van der Waals surface area contributed by atoms with Crippen molar-refractivity contribution >= 4 is 38.9 Å². The second-order valence-electron chi connectivity index (χ2n) is 7.43. The average molecular weight is 486 g/mol. The van der Waals surface area contributed by atoms with Crippen LogP contribution in [0.1, 0.15) is 18.5 Å². The minimum absolute atomic E-state index is 0.108. The summed E-state index contributed by atoms with van der Waals surface area (Å²) in [5, 5.41) is 3.00. The first-order valence-electron chi connectivity index (χ1n) is 10.00. The zero-order chi connectivity index (χ0) is 22.0. The van der Waals surface area contributed by atoms with E-state index in [1.54, 1.807) is 6.07 Å². The zero-order valence-corrected chi connectivity index (χ0v) is 19.4. The fourth-order valence-electron chi connectivity index (χ4n) is 3.59. The molecule has 31 heavy (non-hydrogen) atoms. The maximum atomic E-state index is 12.7. The van der Waals surface area contributed by atoms with E-state index in [1.807, 2.05) is 30.0 Å². The summed E-state index contributed by atoms with van der Waals surface area (Å²) in [6, 6.07) is 8.59. The Bertz CT molecular complexity index is 1050. The van der Waals surface area contributed by atoms with Crippen molar-refractivity contribution in [1.82, 2.24) is 14.5 Å². The second-order valence-corrected chi connectivity index (χ2v) is 11.3. The molecular formula is C20H24ClN3O5S2. The lowest BCUT2D eigenvalue weighted by Gasteiger charge is -2.33. The minimum Gasteiger partial charge on any atom is -0.486 e. The Morgan fingerprint density at radius 1 is 1.13 bits per heavy atom. The monoisotopic (exact) mass is 485 g/mol. The molecule has 0 spiro atoms. The van der Waals surface area contributed by atoms with Crippen molar-refractivity contribution in [2.45, 2.75) is 17.2 Å². The molecule has 0 bridgehead atoms. The third-order valence-electron chi connectivity index (χ3n) is 5.28. The molecule has 1 N–H and O–H groups in total. The third kappa shape index (κ3) is 5.15. The number of piperazine rings is 1. The molecule has 1 amide bonds. The molecule has 0 saturated carbocycles. The lowest BCUT2D eigenvalue weighted by atomic mass is 10.1. The van der Waals surface area contributed by atoms with E-state index in [2.05, 4.69) is 5.32 Å². The topological polar surface area (TPSA) is 88.2 Å². The van der Waals surface area contributed by atoms with Gasteiger partial charge in [-0.2, -0.15) is 4.31 Å². The molecule has 2 aromatic rings. The van der Waals surface area contributed by atoms with E-state index in [-0.39, 0.29) is 22.7 Å². The summed E-state index contributed by atoms with van der Waals surface area (Å²) in [5.41, 5.74) is 0.933. The number of rotatable bonds is 6. The van der Waals surface area contributed by atoms with Crippen LogP contribution < -0.4 is 14.8 Å². The number of benzene rings is 1. The van der Waals surface area contributed by atoms with Gasteiger partial charge in [0.05, 0.1) is 16.9 Å². The van der Waals surface area contributed by atoms with Gasteiger partial charge < -0.3 is 14.8 Å². The largest absolute Gasteiger partial charge is 0.486 e. The van der Waals surface area contributed by atoms with Gasteiger partial charge in [0, 0.05) is 26.2 Å². The summed E-state index contributed by atoms with van der Waals surface area (Å²) in [7, 11) is -3.54. The van der Waals surface area contributed by atoms with Gasteiger partial charge in [-0.05, 0) is 36.8 Å². The lowest BCUT2D eigenvalue weighted by Crippen LogP contribution is -2.51. The Balaban J connectivity index is 1.28. The molecule has 1 unspecified atom stereocenters. The van der Waals surface area contributed by atoms with Crippen molar-refractivity contribution < 1.29 is 22.7 Å². The van der Waals surface area contributed by atoms with Crippen LogP contribution in [-0.4, -0.2) is 69.5 Å². The third-order valence-corrected chi connectivity index (χ3v) is 8.88. The number of nitrogens with one attached hydrogen (secondary N) is 1. The number of hydrogen-bond donors (Lipinski definition) is 1. The fourth-order valence-corrected chi connectivity index (χ4v) is 6.65. The fraction of sp³-hybridized carbons (Fsp3) is 0.450. The predicted octanol–water partition coefficient (Wildman–Crippen LogP) is 2.36. The maximum Gasteiger partial charge on any atom is 0.252 e. The van der Waals surface area contributed by atoms with Crippen LogP contribution in [0.2, 0.25) is 4.34 Å². The number of carbonyl (C=O) groups is 1. The number of ether oxygens (including phenoxy) is 2. The second kappa shape index (κ2) is 9.33. The van der Waals surface area contributed by atoms with Crippen LogP contribution in [-0.2, 0) is 14.8 Å². The Morgan fingerprint density at radius 2 is 1.84 bits per heavy atom. The van der Waals surface area contributed by atoms with E-state index in [0.29, 0.717) is 55.2 Å². The molecule has 1 aromatic carbocycles. The van der Waals surface area contributed by atoms with Crippen LogP contribution in [0, 0.1) is 0 Å². The highest BCUT2D eigenvalue weighted by molar-refractivity contribution is 7.91. The number of nitrogens with zero attached hydrogens (tertiary/aromatic N) is 2. The lowest BCUT2D eigenvalue weighted by molar-refractivity contribution is -0.123. The molecule has 3 heterocycles. The van der Waals surface area contributed by atoms with E-state index in [0.717, 1.165) is 16.9 Å². The number of carbonyl (C=O) groups excluding carboxylic acids is 1. The van der Waals surface area contributed by atoms with Crippen LogP contribution >= 0.6 is 22.9 Å². The van der Waals surface area contributed by atoms with Crippen molar-refractivity contribution in [2.75, 3.05) is 45.9 Å². The van der Waals surface area contributed by atoms with Crippen molar-refractivity contribution in [3.05, 3.63) is 40.2 Å². The molecule has 8 nitrogen and oxygen atoms in total. The highest BCUT2D eigenvalue weighted by atomic mass is 35.5. The molecule has 1 atom stereocenters. The smallest absolute Gasteiger partial charge is 0.252 e. The van der Waals surface area contributed by atoms with Gasteiger partial charge in [0.2, 0.25) is 5.91 Å². The van der Waals surface area contributed by atoms with Crippen LogP contribution in [0.15, 0.2) is 34.5 Å². The van der Waals surface area contributed by atoms with Gasteiger partial charge in [-0.3, -0.25) is 9.69 Å². The first-order chi connectivity index (χ1) is 14.8. The standard InChI is InChI=1S/C20H24ClN3O5S2/c1-14(15-2-3-16-17(12-15)29-11-10-28-16)22-19(25)13-23-6-8-24(9-7-23)31(26,27)20-5-4-18(21)30-20/h2-5,12,14H,6-11,13H2,1H3,(H,22,25). The molecule has 4 rings (SSSR count). The SMILES string of the molecule is CC(NC(=O)CN1CCN(S(=O)(=O)c2ccc(Cl)s2)CC1)c1ccc2c(c1)OCCO2. The molecule has 2 aliphatic heterocycles. The number of halogens is 1. The Kier molecular flexibility index (Phi) is 6.73. The average Bonchev–Trinajstić information content (AvgIpc) is 3.21. The summed E-state index contributed by atoms with van der Waals surface area (Å²) in [6.07, 6.45) is 0. The Morgan fingerprint density at radius 3 is 2.52 bits per heavy atom.